The molecule has 3 heteroatoms. The predicted molar refractivity (Wildman–Crippen MR) is 86.8 cm³/mol. The molecule has 0 radical (unpaired) electrons. The summed E-state index contributed by atoms with van der Waals surface area (Å²) in [6.45, 7) is 0. The van der Waals surface area contributed by atoms with E-state index in [0.717, 1.165) is 21.9 Å². The molecule has 0 bridgehead atoms. The van der Waals surface area contributed by atoms with Gasteiger partial charge in [-0.1, -0.05) is 36.0 Å². The van der Waals surface area contributed by atoms with Crippen LogP contribution in [0.15, 0.2) is 82.7 Å². The lowest BCUT2D eigenvalue weighted by molar-refractivity contribution is 0.414. The predicted octanol–water partition coefficient (Wildman–Crippen LogP) is 4.91. The first-order valence-electron chi connectivity index (χ1n) is 6.69. The largest absolute Gasteiger partial charge is 0.497 e. The molecule has 0 saturated carbocycles. The first kappa shape index (κ1) is 13.7. The van der Waals surface area contributed by atoms with Crippen molar-refractivity contribution < 1.29 is 4.74 Å². The van der Waals surface area contributed by atoms with Gasteiger partial charge in [0.15, 0.2) is 0 Å². The van der Waals surface area contributed by atoms with Crippen LogP contribution >= 0.6 is 11.8 Å². The van der Waals surface area contributed by atoms with Crippen molar-refractivity contribution in [3.05, 3.63) is 72.9 Å². The molecular formula is C18H15NOS. The molecule has 1 heterocycles. The van der Waals surface area contributed by atoms with E-state index >= 15 is 0 Å². The van der Waals surface area contributed by atoms with Crippen molar-refractivity contribution in [3.63, 3.8) is 0 Å². The van der Waals surface area contributed by atoms with Gasteiger partial charge in [-0.25, -0.2) is 0 Å². The molecule has 0 N–H and O–H groups in total. The van der Waals surface area contributed by atoms with Gasteiger partial charge in [0, 0.05) is 21.6 Å². The Bertz CT molecular complexity index is 714. The second kappa shape index (κ2) is 6.46. The first-order chi connectivity index (χ1) is 10.4. The van der Waals surface area contributed by atoms with Gasteiger partial charge in [-0.3, -0.25) is 4.98 Å². The number of hydrogen-bond acceptors (Lipinski definition) is 3. The summed E-state index contributed by atoms with van der Waals surface area (Å²) in [7, 11) is 1.69. The minimum Gasteiger partial charge on any atom is -0.497 e. The van der Waals surface area contributed by atoms with Crippen molar-refractivity contribution in [2.45, 2.75) is 9.79 Å². The molecule has 21 heavy (non-hydrogen) atoms. The standard InChI is InChI=1S/C18H15NOS/c1-20-14-10-11-16(17-9-5-6-12-19-17)18(13-14)21-15-7-3-2-4-8-15/h2-13H,1H3. The number of rotatable bonds is 4. The zero-order chi connectivity index (χ0) is 14.5. The van der Waals surface area contributed by atoms with E-state index in [2.05, 4.69) is 29.2 Å². The normalized spacial score (nSPS) is 10.3. The van der Waals surface area contributed by atoms with Crippen LogP contribution < -0.4 is 4.74 Å². The van der Waals surface area contributed by atoms with Gasteiger partial charge in [-0.15, -0.1) is 0 Å². The quantitative estimate of drug-likeness (QED) is 0.682. The molecule has 0 amide bonds. The Morgan fingerprint density at radius 1 is 0.905 bits per heavy atom. The van der Waals surface area contributed by atoms with Crippen LogP contribution in [-0.2, 0) is 0 Å². The Hall–Kier alpha value is -2.26. The lowest BCUT2D eigenvalue weighted by Gasteiger charge is -2.11. The summed E-state index contributed by atoms with van der Waals surface area (Å²) in [6, 6.07) is 22.4. The van der Waals surface area contributed by atoms with Crippen molar-refractivity contribution in [2.75, 3.05) is 7.11 Å². The molecular weight excluding hydrogens is 278 g/mol. The van der Waals surface area contributed by atoms with E-state index in [9.17, 15) is 0 Å². The molecule has 0 aliphatic rings. The van der Waals surface area contributed by atoms with E-state index in [0.29, 0.717) is 0 Å². The fourth-order valence-electron chi connectivity index (χ4n) is 2.06. The van der Waals surface area contributed by atoms with Crippen LogP contribution in [0.3, 0.4) is 0 Å². The monoisotopic (exact) mass is 293 g/mol. The third kappa shape index (κ3) is 3.26. The van der Waals surface area contributed by atoms with Gasteiger partial charge in [0.1, 0.15) is 5.75 Å². The number of methoxy groups -OCH3 is 1. The maximum Gasteiger partial charge on any atom is 0.120 e. The highest BCUT2D eigenvalue weighted by atomic mass is 32.2. The number of ether oxygens (including phenoxy) is 1. The molecule has 3 rings (SSSR count). The van der Waals surface area contributed by atoms with Crippen LogP contribution in [0, 0.1) is 0 Å². The second-order valence-corrected chi connectivity index (χ2v) is 5.61. The number of benzene rings is 2. The summed E-state index contributed by atoms with van der Waals surface area (Å²) in [4.78, 5) is 6.79. The van der Waals surface area contributed by atoms with Gasteiger partial charge in [0.25, 0.3) is 0 Å². The van der Waals surface area contributed by atoms with Crippen LogP contribution in [0.1, 0.15) is 0 Å². The maximum atomic E-state index is 5.35. The van der Waals surface area contributed by atoms with Gasteiger partial charge in [0.05, 0.1) is 12.8 Å². The number of hydrogen-bond donors (Lipinski definition) is 0. The molecule has 2 aromatic carbocycles. The van der Waals surface area contributed by atoms with Crippen LogP contribution in [-0.4, -0.2) is 12.1 Å². The van der Waals surface area contributed by atoms with Crippen molar-refractivity contribution in [2.24, 2.45) is 0 Å². The summed E-state index contributed by atoms with van der Waals surface area (Å²) in [5, 5.41) is 0. The van der Waals surface area contributed by atoms with Gasteiger partial charge < -0.3 is 4.74 Å². The SMILES string of the molecule is COc1ccc(-c2ccccn2)c(Sc2ccccc2)c1. The molecule has 104 valence electrons. The molecule has 1 aromatic heterocycles. The van der Waals surface area contributed by atoms with Gasteiger partial charge in [-0.2, -0.15) is 0 Å². The first-order valence-corrected chi connectivity index (χ1v) is 7.51. The summed E-state index contributed by atoms with van der Waals surface area (Å²) < 4.78 is 5.35. The molecule has 0 aliphatic heterocycles. The lowest BCUT2D eigenvalue weighted by Crippen LogP contribution is -1.89. The molecule has 2 nitrogen and oxygen atoms in total. The van der Waals surface area contributed by atoms with Gasteiger partial charge >= 0.3 is 0 Å². The highest BCUT2D eigenvalue weighted by Crippen LogP contribution is 2.37. The Labute approximate surface area is 128 Å². The van der Waals surface area contributed by atoms with E-state index < -0.39 is 0 Å². The molecule has 3 aromatic rings. The van der Waals surface area contributed by atoms with Crippen molar-refractivity contribution in [3.8, 4) is 17.0 Å². The van der Waals surface area contributed by atoms with E-state index in [-0.39, 0.29) is 0 Å². The van der Waals surface area contributed by atoms with E-state index in [4.69, 9.17) is 4.74 Å². The van der Waals surface area contributed by atoms with Crippen LogP contribution in [0.2, 0.25) is 0 Å². The van der Waals surface area contributed by atoms with Gasteiger partial charge in [0.2, 0.25) is 0 Å². The van der Waals surface area contributed by atoms with E-state index in [1.165, 1.54) is 4.90 Å². The molecule has 0 unspecified atom stereocenters. The summed E-state index contributed by atoms with van der Waals surface area (Å²) in [5.41, 5.74) is 2.09. The topological polar surface area (TPSA) is 22.1 Å². The third-order valence-electron chi connectivity index (χ3n) is 3.10. The smallest absolute Gasteiger partial charge is 0.120 e. The Morgan fingerprint density at radius 2 is 1.71 bits per heavy atom. The van der Waals surface area contributed by atoms with E-state index in [1.807, 2.05) is 48.7 Å². The minimum absolute atomic E-state index is 0.855. The highest BCUT2D eigenvalue weighted by Gasteiger charge is 2.09. The summed E-state index contributed by atoms with van der Waals surface area (Å²) >= 11 is 1.72. The third-order valence-corrected chi connectivity index (χ3v) is 4.17. The molecule has 0 spiro atoms. The second-order valence-electron chi connectivity index (χ2n) is 4.49. The lowest BCUT2D eigenvalue weighted by atomic mass is 10.1. The Balaban J connectivity index is 2.04. The fourth-order valence-corrected chi connectivity index (χ4v) is 3.07. The molecule has 0 aliphatic carbocycles. The zero-order valence-electron chi connectivity index (χ0n) is 11.7. The minimum atomic E-state index is 0.855. The van der Waals surface area contributed by atoms with E-state index in [1.54, 1.807) is 18.9 Å². The molecule has 0 fully saturated rings. The number of nitrogens with zero attached hydrogens (tertiary/aromatic N) is 1. The maximum absolute atomic E-state index is 5.35. The Morgan fingerprint density at radius 3 is 2.43 bits per heavy atom. The average molecular weight is 293 g/mol. The Kier molecular flexibility index (Phi) is 4.22. The van der Waals surface area contributed by atoms with Crippen molar-refractivity contribution in [1.29, 1.82) is 0 Å². The molecule has 0 saturated heterocycles. The van der Waals surface area contributed by atoms with Crippen LogP contribution in [0.5, 0.6) is 5.75 Å². The molecule has 0 atom stereocenters. The van der Waals surface area contributed by atoms with Crippen LogP contribution in [0.25, 0.3) is 11.3 Å². The van der Waals surface area contributed by atoms with Crippen molar-refractivity contribution >= 4 is 11.8 Å². The highest BCUT2D eigenvalue weighted by molar-refractivity contribution is 7.99. The fraction of sp³-hybridized carbons (Fsp3) is 0.0556. The average Bonchev–Trinajstić information content (AvgIpc) is 2.56. The van der Waals surface area contributed by atoms with Crippen LogP contribution in [0.4, 0.5) is 0 Å². The summed E-state index contributed by atoms with van der Waals surface area (Å²) in [6.07, 6.45) is 1.82. The van der Waals surface area contributed by atoms with Gasteiger partial charge in [-0.05, 0) is 42.5 Å². The van der Waals surface area contributed by atoms with Crippen molar-refractivity contribution in [1.82, 2.24) is 4.98 Å². The number of pyridine rings is 1. The summed E-state index contributed by atoms with van der Waals surface area (Å²) in [5.74, 6) is 0.855. The zero-order valence-corrected chi connectivity index (χ0v) is 12.5. The number of aromatic nitrogens is 1.